The van der Waals surface area contributed by atoms with Crippen LogP contribution in [-0.2, 0) is 0 Å². The number of benzene rings is 2. The van der Waals surface area contributed by atoms with E-state index in [0.717, 1.165) is 18.2 Å². The molecule has 3 N–H and O–H groups in total. The highest BCUT2D eigenvalue weighted by Crippen LogP contribution is 2.31. The molecule has 1 heterocycles. The number of nitrogens with zero attached hydrogens (tertiary/aromatic N) is 3. The number of carboxylic acid groups (broad SMARTS) is 2. The minimum Gasteiger partial charge on any atom is -0.506 e. The largest absolute Gasteiger partial charge is 0.506 e. The molecule has 31 heavy (non-hydrogen) atoms. The molecular formula is C21H17N3O7. The van der Waals surface area contributed by atoms with Crippen LogP contribution in [0.3, 0.4) is 0 Å². The zero-order chi connectivity index (χ0) is 22.9. The quantitative estimate of drug-likeness (QED) is 0.309. The lowest BCUT2D eigenvalue weighted by Gasteiger charge is -2.12. The van der Waals surface area contributed by atoms with Gasteiger partial charge in [-0.1, -0.05) is 0 Å². The Bertz CT molecular complexity index is 1230. The highest BCUT2D eigenvalue weighted by molar-refractivity contribution is 5.95. The molecule has 0 atom stereocenters. The molecule has 158 valence electrons. The molecular weight excluding hydrogens is 406 g/mol. The van der Waals surface area contributed by atoms with E-state index < -0.39 is 16.9 Å². The van der Waals surface area contributed by atoms with E-state index in [4.69, 9.17) is 0 Å². The molecule has 2 aromatic carbocycles. The van der Waals surface area contributed by atoms with E-state index in [1.165, 1.54) is 24.4 Å². The first kappa shape index (κ1) is 21.2. The van der Waals surface area contributed by atoms with Crippen LogP contribution in [-0.4, -0.2) is 43.0 Å². The minimum atomic E-state index is -1.25. The minimum absolute atomic E-state index is 0.0139. The van der Waals surface area contributed by atoms with Gasteiger partial charge in [0, 0.05) is 41.0 Å². The number of aromatic nitrogens is 1. The smallest absolute Gasteiger partial charge is 0.335 e. The van der Waals surface area contributed by atoms with E-state index in [-0.39, 0.29) is 28.3 Å². The molecule has 10 heteroatoms. The van der Waals surface area contributed by atoms with Gasteiger partial charge in [-0.3, -0.25) is 15.1 Å². The van der Waals surface area contributed by atoms with E-state index in [1.807, 2.05) is 0 Å². The summed E-state index contributed by atoms with van der Waals surface area (Å²) in [7, 11) is 0. The van der Waals surface area contributed by atoms with Crippen molar-refractivity contribution in [3.8, 4) is 11.4 Å². The fourth-order valence-electron chi connectivity index (χ4n) is 3.17. The monoisotopic (exact) mass is 423 g/mol. The van der Waals surface area contributed by atoms with Crippen molar-refractivity contribution in [2.75, 3.05) is 0 Å². The number of hydrogen-bond donors (Lipinski definition) is 3. The van der Waals surface area contributed by atoms with Crippen LogP contribution in [0, 0.1) is 24.0 Å². The molecule has 0 aliphatic rings. The maximum Gasteiger partial charge on any atom is 0.335 e. The summed E-state index contributed by atoms with van der Waals surface area (Å²) in [6, 6.07) is 9.02. The lowest BCUT2D eigenvalue weighted by molar-refractivity contribution is -0.384. The molecule has 0 aliphatic heterocycles. The first-order valence-electron chi connectivity index (χ1n) is 8.91. The van der Waals surface area contributed by atoms with Crippen molar-refractivity contribution in [3.63, 3.8) is 0 Å². The number of aryl methyl sites for hydroxylation is 1. The molecule has 0 fully saturated rings. The summed E-state index contributed by atoms with van der Waals surface area (Å²) in [6.07, 6.45) is 1.41. The molecule has 0 amide bonds. The van der Waals surface area contributed by atoms with E-state index in [9.17, 15) is 35.0 Å². The molecule has 0 bridgehead atoms. The maximum atomic E-state index is 11.4. The number of phenols is 1. The Labute approximate surface area is 175 Å². The van der Waals surface area contributed by atoms with Gasteiger partial charge in [-0.25, -0.2) is 9.59 Å². The lowest BCUT2D eigenvalue weighted by Crippen LogP contribution is -2.07. The number of aromatic carboxylic acids is 2. The molecule has 1 aromatic heterocycles. The average molecular weight is 423 g/mol. The van der Waals surface area contributed by atoms with E-state index in [0.29, 0.717) is 22.6 Å². The molecule has 0 radical (unpaired) electrons. The van der Waals surface area contributed by atoms with E-state index in [1.54, 1.807) is 24.5 Å². The Morgan fingerprint density at radius 2 is 1.65 bits per heavy atom. The molecule has 0 unspecified atom stereocenters. The number of aliphatic imine (C=N–C) groups is 1. The number of aromatic hydroxyl groups is 1. The van der Waals surface area contributed by atoms with Crippen molar-refractivity contribution < 1.29 is 29.8 Å². The van der Waals surface area contributed by atoms with Crippen LogP contribution < -0.4 is 0 Å². The fraction of sp³-hybridized carbons (Fsp3) is 0.0952. The van der Waals surface area contributed by atoms with Gasteiger partial charge < -0.3 is 19.9 Å². The number of carbonyl (C=O) groups is 2. The van der Waals surface area contributed by atoms with Crippen molar-refractivity contribution in [1.82, 2.24) is 4.57 Å². The van der Waals surface area contributed by atoms with Gasteiger partial charge in [0.1, 0.15) is 11.4 Å². The van der Waals surface area contributed by atoms with Crippen LogP contribution >= 0.6 is 0 Å². The maximum absolute atomic E-state index is 11.4. The fourth-order valence-corrected chi connectivity index (χ4v) is 3.17. The summed E-state index contributed by atoms with van der Waals surface area (Å²) in [5.41, 5.74) is 1.72. The van der Waals surface area contributed by atoms with E-state index in [2.05, 4.69) is 4.99 Å². The summed E-state index contributed by atoms with van der Waals surface area (Å²) in [5.74, 6) is -2.74. The van der Waals surface area contributed by atoms with Crippen molar-refractivity contribution in [2.45, 2.75) is 13.8 Å². The second-order valence-corrected chi connectivity index (χ2v) is 6.73. The summed E-state index contributed by atoms with van der Waals surface area (Å²) in [4.78, 5) is 37.3. The highest BCUT2D eigenvalue weighted by atomic mass is 16.6. The van der Waals surface area contributed by atoms with Crippen LogP contribution in [0.25, 0.3) is 5.69 Å². The second kappa shape index (κ2) is 8.11. The van der Waals surface area contributed by atoms with Crippen LogP contribution in [0.4, 0.5) is 11.4 Å². The number of hydrogen-bond acceptors (Lipinski definition) is 6. The van der Waals surface area contributed by atoms with Crippen molar-refractivity contribution in [3.05, 3.63) is 80.7 Å². The van der Waals surface area contributed by atoms with Crippen molar-refractivity contribution in [1.29, 1.82) is 0 Å². The number of carboxylic acids is 2. The van der Waals surface area contributed by atoms with Gasteiger partial charge in [-0.05, 0) is 44.2 Å². The summed E-state index contributed by atoms with van der Waals surface area (Å²) < 4.78 is 1.67. The van der Waals surface area contributed by atoms with Gasteiger partial charge in [-0.2, -0.15) is 0 Å². The predicted molar refractivity (Wildman–Crippen MR) is 111 cm³/mol. The van der Waals surface area contributed by atoms with Crippen LogP contribution in [0.1, 0.15) is 37.7 Å². The summed E-state index contributed by atoms with van der Waals surface area (Å²) in [5, 5.41) is 39.5. The van der Waals surface area contributed by atoms with Crippen molar-refractivity contribution in [2.24, 2.45) is 4.99 Å². The molecule has 0 saturated heterocycles. The van der Waals surface area contributed by atoms with Gasteiger partial charge in [0.25, 0.3) is 5.69 Å². The van der Waals surface area contributed by atoms with Gasteiger partial charge in [-0.15, -0.1) is 0 Å². The Morgan fingerprint density at radius 3 is 2.19 bits per heavy atom. The van der Waals surface area contributed by atoms with E-state index >= 15 is 0 Å². The third kappa shape index (κ3) is 4.27. The van der Waals surface area contributed by atoms with Gasteiger partial charge in [0.05, 0.1) is 16.1 Å². The average Bonchev–Trinajstić information content (AvgIpc) is 2.99. The number of nitro benzene ring substituents is 1. The number of phenolic OH excluding ortho intramolecular Hbond substituents is 1. The first-order chi connectivity index (χ1) is 14.6. The van der Waals surface area contributed by atoms with Gasteiger partial charge in [0.2, 0.25) is 0 Å². The molecule has 10 nitrogen and oxygen atoms in total. The number of non-ortho nitro benzene ring substituents is 1. The molecule has 3 rings (SSSR count). The second-order valence-electron chi connectivity index (χ2n) is 6.73. The molecule has 0 aliphatic carbocycles. The zero-order valence-electron chi connectivity index (χ0n) is 16.4. The molecule has 3 aromatic rings. The van der Waals surface area contributed by atoms with Gasteiger partial charge in [0.15, 0.2) is 0 Å². The summed E-state index contributed by atoms with van der Waals surface area (Å²) >= 11 is 0. The third-order valence-corrected chi connectivity index (χ3v) is 4.65. The number of rotatable bonds is 6. The Morgan fingerprint density at radius 1 is 1.03 bits per heavy atom. The van der Waals surface area contributed by atoms with Gasteiger partial charge >= 0.3 is 11.9 Å². The van der Waals surface area contributed by atoms with Crippen molar-refractivity contribution >= 4 is 29.5 Å². The Kier molecular flexibility index (Phi) is 5.56. The Hall–Kier alpha value is -4.47. The predicted octanol–water partition coefficient (Wildman–Crippen LogP) is 3.85. The SMILES string of the molecule is Cc1cc(C=Nc2cc([N+](=O)[O-])ccc2O)c(C)n1-c1cc(C(=O)O)cc(C(=O)O)c1. The molecule has 0 spiro atoms. The number of nitro groups is 1. The highest BCUT2D eigenvalue weighted by Gasteiger charge is 2.16. The Balaban J connectivity index is 2.07. The van der Waals surface area contributed by atoms with Crippen LogP contribution in [0.2, 0.25) is 0 Å². The first-order valence-corrected chi connectivity index (χ1v) is 8.91. The summed E-state index contributed by atoms with van der Waals surface area (Å²) in [6.45, 7) is 3.48. The van der Waals surface area contributed by atoms with Crippen LogP contribution in [0.15, 0.2) is 47.5 Å². The normalized spacial score (nSPS) is 11.0. The zero-order valence-corrected chi connectivity index (χ0v) is 16.4. The standard InChI is InChI=1S/C21H17N3O7/c1-11-5-15(10-22-18-9-16(24(30)31)3-4-19(18)25)12(2)23(11)17-7-13(20(26)27)6-14(8-17)21(28)29/h3-10,25H,1-2H3,(H,26,27)(H,28,29). The lowest BCUT2D eigenvalue weighted by atomic mass is 10.1. The topological polar surface area (TPSA) is 155 Å². The van der Waals surface area contributed by atoms with Crippen LogP contribution in [0.5, 0.6) is 5.75 Å². The molecule has 0 saturated carbocycles. The third-order valence-electron chi connectivity index (χ3n) is 4.65.